The number of ketones is 2. The van der Waals surface area contributed by atoms with Gasteiger partial charge in [-0.25, -0.2) is 14.6 Å². The molecular weight excluding hydrogens is 446 g/mol. The lowest BCUT2D eigenvalue weighted by Gasteiger charge is -2.33. The molecule has 10 heteroatoms. The fraction of sp³-hybridized carbons (Fsp3) is 0.360. The minimum atomic E-state index is -0.0875. The molecule has 4 heterocycles. The molecule has 3 aromatic heterocycles. The van der Waals surface area contributed by atoms with Crippen molar-refractivity contribution in [3.63, 3.8) is 0 Å². The van der Waals surface area contributed by atoms with Gasteiger partial charge in [0.05, 0.1) is 17.1 Å². The average Bonchev–Trinajstić information content (AvgIpc) is 3.45. The van der Waals surface area contributed by atoms with E-state index >= 15 is 0 Å². The van der Waals surface area contributed by atoms with Crippen LogP contribution in [0.1, 0.15) is 49.9 Å². The second kappa shape index (κ2) is 9.28. The molecule has 3 aromatic rings. The number of rotatable bonds is 6. The second-order valence-corrected chi connectivity index (χ2v) is 8.95. The summed E-state index contributed by atoms with van der Waals surface area (Å²) in [6, 6.07) is 1.84. The highest BCUT2D eigenvalue weighted by Crippen LogP contribution is 2.35. The summed E-state index contributed by atoms with van der Waals surface area (Å²) in [7, 11) is 0. The molecule has 0 radical (unpaired) electrons. The third kappa shape index (κ3) is 4.39. The largest absolute Gasteiger partial charge is 0.383 e. The number of hydrogen-bond donors (Lipinski definition) is 2. The maximum atomic E-state index is 12.8. The molecule has 2 aliphatic rings. The van der Waals surface area contributed by atoms with Crippen molar-refractivity contribution in [2.24, 2.45) is 0 Å². The molecule has 1 aliphatic carbocycles. The molecule has 3 N–H and O–H groups in total. The van der Waals surface area contributed by atoms with E-state index in [1.165, 1.54) is 12.4 Å². The number of fused-ring (bicyclic) bond motifs is 2. The molecule has 1 unspecified atom stereocenters. The number of piperidine rings is 1. The third-order valence-corrected chi connectivity index (χ3v) is 6.54. The van der Waals surface area contributed by atoms with Crippen molar-refractivity contribution < 1.29 is 14.4 Å². The molecular formula is C25H27N7O3. The van der Waals surface area contributed by atoms with E-state index in [1.807, 2.05) is 10.7 Å². The summed E-state index contributed by atoms with van der Waals surface area (Å²) in [5, 5.41) is 5.53. The van der Waals surface area contributed by atoms with Gasteiger partial charge in [0.1, 0.15) is 17.8 Å². The number of aromatic amines is 1. The number of nitrogens with two attached hydrogens (primary N) is 1. The van der Waals surface area contributed by atoms with Crippen LogP contribution in [0.15, 0.2) is 30.6 Å². The number of likely N-dealkylation sites (tertiary alicyclic amines) is 1. The molecule has 5 rings (SSSR count). The SMILES string of the molecule is CC=CC(=O)CCC(=O)N1CCCC(n2nc(-c3cc4c([nH]3)C=CC(=O)C4)c3c(N)ncnc32)C1. The van der Waals surface area contributed by atoms with Crippen LogP contribution in [0.4, 0.5) is 5.82 Å². The molecule has 1 amide bonds. The van der Waals surface area contributed by atoms with Gasteiger partial charge in [0.15, 0.2) is 17.2 Å². The quantitative estimate of drug-likeness (QED) is 0.525. The molecule has 1 saturated heterocycles. The first-order valence-corrected chi connectivity index (χ1v) is 11.8. The van der Waals surface area contributed by atoms with Gasteiger partial charge in [-0.2, -0.15) is 5.10 Å². The van der Waals surface area contributed by atoms with Crippen LogP contribution in [0, 0.1) is 0 Å². The van der Waals surface area contributed by atoms with E-state index in [0.29, 0.717) is 42.1 Å². The highest BCUT2D eigenvalue weighted by atomic mass is 16.2. The summed E-state index contributed by atoms with van der Waals surface area (Å²) in [6.45, 7) is 2.92. The Morgan fingerprint density at radius 1 is 1.26 bits per heavy atom. The van der Waals surface area contributed by atoms with Gasteiger partial charge >= 0.3 is 0 Å². The zero-order valence-electron chi connectivity index (χ0n) is 19.5. The van der Waals surface area contributed by atoms with Crippen LogP contribution in [0.25, 0.3) is 28.5 Å². The van der Waals surface area contributed by atoms with E-state index in [0.717, 1.165) is 29.8 Å². The van der Waals surface area contributed by atoms with Crippen molar-refractivity contribution in [3.05, 3.63) is 41.9 Å². The smallest absolute Gasteiger partial charge is 0.223 e. The first-order valence-electron chi connectivity index (χ1n) is 11.8. The van der Waals surface area contributed by atoms with Crippen LogP contribution >= 0.6 is 0 Å². The molecule has 1 aliphatic heterocycles. The van der Waals surface area contributed by atoms with E-state index in [4.69, 9.17) is 10.8 Å². The maximum Gasteiger partial charge on any atom is 0.223 e. The number of nitrogens with one attached hydrogen (secondary N) is 1. The van der Waals surface area contributed by atoms with Crippen molar-refractivity contribution in [1.29, 1.82) is 0 Å². The zero-order valence-corrected chi connectivity index (χ0v) is 19.5. The van der Waals surface area contributed by atoms with E-state index < -0.39 is 0 Å². The topological polar surface area (TPSA) is 140 Å². The summed E-state index contributed by atoms with van der Waals surface area (Å²) in [4.78, 5) is 50.2. The summed E-state index contributed by atoms with van der Waals surface area (Å²) in [6.07, 6.45) is 10.3. The number of aromatic nitrogens is 5. The minimum Gasteiger partial charge on any atom is -0.383 e. The average molecular weight is 474 g/mol. The van der Waals surface area contributed by atoms with Crippen molar-refractivity contribution in [2.75, 3.05) is 18.8 Å². The van der Waals surface area contributed by atoms with Crippen LogP contribution in [-0.2, 0) is 20.8 Å². The molecule has 35 heavy (non-hydrogen) atoms. The van der Waals surface area contributed by atoms with Crippen LogP contribution in [0.2, 0.25) is 0 Å². The Morgan fingerprint density at radius 3 is 2.94 bits per heavy atom. The number of carbonyl (C=O) groups is 3. The molecule has 0 spiro atoms. The van der Waals surface area contributed by atoms with Gasteiger partial charge < -0.3 is 15.6 Å². The first-order chi connectivity index (χ1) is 16.9. The molecule has 0 bridgehead atoms. The Bertz CT molecular complexity index is 1380. The van der Waals surface area contributed by atoms with Gasteiger partial charge in [-0.15, -0.1) is 0 Å². The van der Waals surface area contributed by atoms with Gasteiger partial charge in [0.2, 0.25) is 5.91 Å². The van der Waals surface area contributed by atoms with Gasteiger partial charge in [-0.05, 0) is 49.6 Å². The highest BCUT2D eigenvalue weighted by Gasteiger charge is 2.29. The van der Waals surface area contributed by atoms with E-state index in [2.05, 4.69) is 15.0 Å². The summed E-state index contributed by atoms with van der Waals surface area (Å²) in [5.74, 6) is 0.295. The standard InChI is InChI=1S/C25H27N7O3/c1-2-4-17(33)7-9-21(35)31-10-3-5-16(13-31)32-25-22(24(26)27-14-28-25)23(30-32)20-12-15-11-18(34)6-8-19(15)29-20/h2,4,6,8,12,14,16,29H,3,5,7,9-11,13H2,1H3,(H2,26,27,28). The van der Waals surface area contributed by atoms with Crippen LogP contribution in [0.3, 0.4) is 0 Å². The van der Waals surface area contributed by atoms with Gasteiger partial charge in [0.25, 0.3) is 0 Å². The third-order valence-electron chi connectivity index (χ3n) is 6.54. The van der Waals surface area contributed by atoms with E-state index in [-0.39, 0.29) is 36.4 Å². The van der Waals surface area contributed by atoms with Crippen LogP contribution in [-0.4, -0.2) is 60.2 Å². The number of hydrogen-bond acceptors (Lipinski definition) is 7. The number of carbonyl (C=O) groups excluding carboxylic acids is 3. The monoisotopic (exact) mass is 473 g/mol. The maximum absolute atomic E-state index is 12.8. The van der Waals surface area contributed by atoms with Crippen molar-refractivity contribution >= 4 is 40.4 Å². The molecule has 0 saturated carbocycles. The Kier molecular flexibility index (Phi) is 6.02. The predicted octanol–water partition coefficient (Wildman–Crippen LogP) is 2.63. The number of allylic oxidation sites excluding steroid dienone is 3. The molecule has 10 nitrogen and oxygen atoms in total. The predicted molar refractivity (Wildman–Crippen MR) is 131 cm³/mol. The van der Waals surface area contributed by atoms with Crippen molar-refractivity contribution in [3.8, 4) is 11.4 Å². The lowest BCUT2D eigenvalue weighted by molar-refractivity contribution is -0.134. The summed E-state index contributed by atoms with van der Waals surface area (Å²) >= 11 is 0. The van der Waals surface area contributed by atoms with Gasteiger partial charge in [-0.3, -0.25) is 14.4 Å². The molecule has 1 atom stereocenters. The Balaban J connectivity index is 1.45. The van der Waals surface area contributed by atoms with Crippen molar-refractivity contribution in [2.45, 2.75) is 45.1 Å². The Morgan fingerprint density at radius 2 is 2.11 bits per heavy atom. The molecule has 0 aromatic carbocycles. The van der Waals surface area contributed by atoms with Crippen LogP contribution < -0.4 is 5.73 Å². The lowest BCUT2D eigenvalue weighted by Crippen LogP contribution is -2.41. The fourth-order valence-corrected chi connectivity index (χ4v) is 4.84. The highest BCUT2D eigenvalue weighted by molar-refractivity contribution is 6.00. The Hall–Kier alpha value is -4.08. The molecule has 180 valence electrons. The number of anilines is 1. The van der Waals surface area contributed by atoms with Crippen LogP contribution in [0.5, 0.6) is 0 Å². The number of H-pyrrole nitrogens is 1. The van der Waals surface area contributed by atoms with E-state index in [1.54, 1.807) is 30.1 Å². The van der Waals surface area contributed by atoms with E-state index in [9.17, 15) is 14.4 Å². The number of nitrogen functional groups attached to an aromatic ring is 1. The Labute approximate surface area is 201 Å². The van der Waals surface area contributed by atoms with Gasteiger partial charge in [-0.1, -0.05) is 6.08 Å². The van der Waals surface area contributed by atoms with Gasteiger partial charge in [0, 0.05) is 38.0 Å². The fourth-order valence-electron chi connectivity index (χ4n) is 4.84. The van der Waals surface area contributed by atoms with Crippen molar-refractivity contribution in [1.82, 2.24) is 29.6 Å². The number of nitrogens with zero attached hydrogens (tertiary/aromatic N) is 5. The second-order valence-electron chi connectivity index (χ2n) is 8.95. The summed E-state index contributed by atoms with van der Waals surface area (Å²) in [5.41, 5.74) is 10.0. The molecule has 1 fully saturated rings. The lowest BCUT2D eigenvalue weighted by atomic mass is 10.0. The number of amides is 1. The minimum absolute atomic E-state index is 0.0353. The first kappa shape index (κ1) is 22.7. The normalized spacial score (nSPS) is 17.9. The zero-order chi connectivity index (χ0) is 24.5. The summed E-state index contributed by atoms with van der Waals surface area (Å²) < 4.78 is 1.84.